The molecule has 5 rings (SSSR count). The van der Waals surface area contributed by atoms with Crippen molar-refractivity contribution in [2.75, 3.05) is 0 Å². The van der Waals surface area contributed by atoms with Gasteiger partial charge in [-0.15, -0.1) is 0 Å². The minimum atomic E-state index is 0.0920. The van der Waals surface area contributed by atoms with Crippen molar-refractivity contribution in [3.8, 4) is 22.3 Å². The number of H-pyrrole nitrogens is 1. The zero-order chi connectivity index (χ0) is 30.1. The molecule has 0 atom stereocenters. The summed E-state index contributed by atoms with van der Waals surface area (Å²) in [6.45, 7) is 27.7. The lowest BCUT2D eigenvalue weighted by molar-refractivity contribution is 0.568. The highest BCUT2D eigenvalue weighted by atomic mass is 14.7. The number of rotatable bonds is 2. The molecule has 1 nitrogen and oxygen atoms in total. The van der Waals surface area contributed by atoms with E-state index in [0.29, 0.717) is 0 Å². The molecule has 0 fully saturated rings. The van der Waals surface area contributed by atoms with Crippen LogP contribution in [0.4, 0.5) is 0 Å². The first-order valence-electron chi connectivity index (χ1n) is 15.2. The third kappa shape index (κ3) is 5.87. The third-order valence-corrected chi connectivity index (χ3v) is 8.60. The van der Waals surface area contributed by atoms with Gasteiger partial charge in [0.1, 0.15) is 0 Å². The summed E-state index contributed by atoms with van der Waals surface area (Å²) in [6.07, 6.45) is 0. The Morgan fingerprint density at radius 3 is 0.902 bits per heavy atom. The van der Waals surface area contributed by atoms with Crippen LogP contribution in [0.2, 0.25) is 0 Å². The zero-order valence-electron chi connectivity index (χ0n) is 27.4. The van der Waals surface area contributed by atoms with Gasteiger partial charge in [0, 0.05) is 21.8 Å². The molecule has 4 aromatic carbocycles. The van der Waals surface area contributed by atoms with Gasteiger partial charge in [-0.05, 0) is 78.3 Å². The lowest BCUT2D eigenvalue weighted by atomic mass is 9.79. The molecular weight excluding hydrogens is 494 g/mol. The van der Waals surface area contributed by atoms with Gasteiger partial charge in [-0.2, -0.15) is 0 Å². The van der Waals surface area contributed by atoms with Gasteiger partial charge >= 0.3 is 0 Å². The second-order valence-electron chi connectivity index (χ2n) is 16.2. The molecule has 1 N–H and O–H groups in total. The van der Waals surface area contributed by atoms with Gasteiger partial charge in [0.25, 0.3) is 0 Å². The molecule has 1 heteroatoms. The van der Waals surface area contributed by atoms with Crippen molar-refractivity contribution in [2.24, 2.45) is 0 Å². The standard InChI is InChI=1S/C40H49N/c1-37(2,3)29-17-27(18-30(23-29)38(4,5)6)25-13-15-33-34-16-14-26(22-36(34)41-35(33)21-25)28-19-31(39(7,8)9)24-32(20-28)40(10,11)12/h13-24,41H,1-12H3. The van der Waals surface area contributed by atoms with Crippen LogP contribution in [-0.2, 0) is 21.7 Å². The van der Waals surface area contributed by atoms with Gasteiger partial charge in [0.15, 0.2) is 0 Å². The summed E-state index contributed by atoms with van der Waals surface area (Å²) in [4.78, 5) is 3.78. The molecule has 5 aromatic rings. The number of benzene rings is 4. The molecule has 0 radical (unpaired) electrons. The van der Waals surface area contributed by atoms with E-state index >= 15 is 0 Å². The highest BCUT2D eigenvalue weighted by Crippen LogP contribution is 2.38. The monoisotopic (exact) mass is 543 g/mol. The minimum absolute atomic E-state index is 0.0920. The van der Waals surface area contributed by atoms with E-state index in [4.69, 9.17) is 0 Å². The number of nitrogens with one attached hydrogen (secondary N) is 1. The number of hydrogen-bond donors (Lipinski definition) is 1. The largest absolute Gasteiger partial charge is 0.354 e. The second-order valence-corrected chi connectivity index (χ2v) is 16.2. The molecule has 214 valence electrons. The molecule has 0 spiro atoms. The maximum Gasteiger partial charge on any atom is 0.0471 e. The van der Waals surface area contributed by atoms with Crippen LogP contribution in [0, 0.1) is 0 Å². The summed E-state index contributed by atoms with van der Waals surface area (Å²) >= 11 is 0. The topological polar surface area (TPSA) is 15.8 Å². The number of hydrogen-bond acceptors (Lipinski definition) is 0. The van der Waals surface area contributed by atoms with Crippen molar-refractivity contribution < 1.29 is 0 Å². The molecule has 41 heavy (non-hydrogen) atoms. The summed E-state index contributed by atoms with van der Waals surface area (Å²) in [5, 5.41) is 2.55. The molecule has 0 unspecified atom stereocenters. The van der Waals surface area contributed by atoms with Crippen molar-refractivity contribution in [2.45, 2.75) is 105 Å². The van der Waals surface area contributed by atoms with Crippen LogP contribution in [-0.4, -0.2) is 4.98 Å². The van der Waals surface area contributed by atoms with E-state index < -0.39 is 0 Å². The van der Waals surface area contributed by atoms with E-state index in [1.54, 1.807) is 0 Å². The van der Waals surface area contributed by atoms with Crippen molar-refractivity contribution in [3.63, 3.8) is 0 Å². The van der Waals surface area contributed by atoms with E-state index in [9.17, 15) is 0 Å². The minimum Gasteiger partial charge on any atom is -0.354 e. The van der Waals surface area contributed by atoms with E-state index in [1.807, 2.05) is 0 Å². The van der Waals surface area contributed by atoms with Gasteiger partial charge in [-0.25, -0.2) is 0 Å². The first-order chi connectivity index (χ1) is 18.8. The lowest BCUT2D eigenvalue weighted by Gasteiger charge is -2.26. The predicted octanol–water partition coefficient (Wildman–Crippen LogP) is 11.8. The van der Waals surface area contributed by atoms with Crippen LogP contribution in [0.3, 0.4) is 0 Å². The zero-order valence-corrected chi connectivity index (χ0v) is 27.4. The van der Waals surface area contributed by atoms with Gasteiger partial charge in [-0.3, -0.25) is 0 Å². The summed E-state index contributed by atoms with van der Waals surface area (Å²) in [5.41, 5.74) is 13.4. The Balaban J connectivity index is 1.63. The van der Waals surface area contributed by atoms with E-state index in [2.05, 4.69) is 161 Å². The molecule has 0 saturated carbocycles. The van der Waals surface area contributed by atoms with Crippen LogP contribution < -0.4 is 0 Å². The normalized spacial score (nSPS) is 13.4. The molecule has 0 aliphatic carbocycles. The quantitative estimate of drug-likeness (QED) is 0.228. The van der Waals surface area contributed by atoms with E-state index in [0.717, 1.165) is 0 Å². The molecule has 1 heterocycles. The van der Waals surface area contributed by atoms with Crippen LogP contribution in [0.25, 0.3) is 44.1 Å². The molecule has 0 saturated heterocycles. The molecule has 0 aliphatic heterocycles. The van der Waals surface area contributed by atoms with Crippen LogP contribution >= 0.6 is 0 Å². The molecule has 0 bridgehead atoms. The Labute approximate surface area is 248 Å². The van der Waals surface area contributed by atoms with Crippen molar-refractivity contribution in [3.05, 3.63) is 95.1 Å². The van der Waals surface area contributed by atoms with Gasteiger partial charge in [-0.1, -0.05) is 144 Å². The fourth-order valence-electron chi connectivity index (χ4n) is 5.59. The molecule has 0 amide bonds. The van der Waals surface area contributed by atoms with Crippen molar-refractivity contribution in [1.82, 2.24) is 4.98 Å². The smallest absolute Gasteiger partial charge is 0.0471 e. The predicted molar refractivity (Wildman–Crippen MR) is 181 cm³/mol. The third-order valence-electron chi connectivity index (χ3n) is 8.60. The Kier molecular flexibility index (Phi) is 6.85. The Bertz CT molecular complexity index is 1550. The number of aromatic nitrogens is 1. The van der Waals surface area contributed by atoms with Gasteiger partial charge < -0.3 is 4.98 Å². The van der Waals surface area contributed by atoms with E-state index in [-0.39, 0.29) is 21.7 Å². The van der Waals surface area contributed by atoms with Crippen LogP contribution in [0.1, 0.15) is 105 Å². The summed E-state index contributed by atoms with van der Waals surface area (Å²) in [7, 11) is 0. The van der Waals surface area contributed by atoms with Crippen LogP contribution in [0.5, 0.6) is 0 Å². The first kappa shape index (κ1) is 29.2. The maximum absolute atomic E-state index is 3.78. The maximum atomic E-state index is 3.78. The number of fused-ring (bicyclic) bond motifs is 3. The molecule has 1 aromatic heterocycles. The Hall–Kier alpha value is -3.32. The summed E-state index contributed by atoms with van der Waals surface area (Å²) in [5.74, 6) is 0. The fourth-order valence-corrected chi connectivity index (χ4v) is 5.59. The fraction of sp³-hybridized carbons (Fsp3) is 0.400. The highest BCUT2D eigenvalue weighted by molar-refractivity contribution is 6.09. The molecular formula is C40H49N. The Morgan fingerprint density at radius 1 is 0.341 bits per heavy atom. The first-order valence-corrected chi connectivity index (χ1v) is 15.2. The van der Waals surface area contributed by atoms with E-state index in [1.165, 1.54) is 66.3 Å². The highest BCUT2D eigenvalue weighted by Gasteiger charge is 2.23. The summed E-state index contributed by atoms with van der Waals surface area (Å²) in [6, 6.07) is 28.2. The summed E-state index contributed by atoms with van der Waals surface area (Å²) < 4.78 is 0. The van der Waals surface area contributed by atoms with Crippen molar-refractivity contribution in [1.29, 1.82) is 0 Å². The Morgan fingerprint density at radius 2 is 0.634 bits per heavy atom. The van der Waals surface area contributed by atoms with Crippen molar-refractivity contribution >= 4 is 21.8 Å². The molecule has 0 aliphatic rings. The average Bonchev–Trinajstić information content (AvgIpc) is 3.23. The van der Waals surface area contributed by atoms with Gasteiger partial charge in [0.2, 0.25) is 0 Å². The second kappa shape index (κ2) is 9.62. The number of aromatic amines is 1. The lowest BCUT2D eigenvalue weighted by Crippen LogP contribution is -2.16. The SMILES string of the molecule is CC(C)(C)c1cc(-c2ccc3c(c2)[nH]c2cc(-c4cc(C(C)(C)C)cc(C(C)(C)C)c4)ccc23)cc(C(C)(C)C)c1. The average molecular weight is 544 g/mol. The van der Waals surface area contributed by atoms with Gasteiger partial charge in [0.05, 0.1) is 0 Å². The van der Waals surface area contributed by atoms with Crippen LogP contribution in [0.15, 0.2) is 72.8 Å².